The average molecular weight is 268 g/mol. The maximum absolute atomic E-state index is 11.9. The van der Waals surface area contributed by atoms with Gasteiger partial charge in [0.25, 0.3) is 5.91 Å². The highest BCUT2D eigenvalue weighted by Crippen LogP contribution is 2.05. The summed E-state index contributed by atoms with van der Waals surface area (Å²) < 4.78 is 1.72. The maximum atomic E-state index is 11.9. The van der Waals surface area contributed by atoms with Gasteiger partial charge in [-0.15, -0.1) is 5.10 Å². The van der Waals surface area contributed by atoms with Crippen molar-refractivity contribution in [3.63, 3.8) is 0 Å². The molecule has 3 rings (SSSR count). The summed E-state index contributed by atoms with van der Waals surface area (Å²) in [7, 11) is 0. The molecule has 0 fully saturated rings. The smallest absolute Gasteiger partial charge is 0.277 e. The van der Waals surface area contributed by atoms with Crippen molar-refractivity contribution in [2.75, 3.05) is 5.32 Å². The average Bonchev–Trinajstić information content (AvgIpc) is 3.11. The molecule has 0 bridgehead atoms. The van der Waals surface area contributed by atoms with Gasteiger partial charge in [-0.3, -0.25) is 9.48 Å². The Kier molecular flexibility index (Phi) is 3.24. The van der Waals surface area contributed by atoms with Gasteiger partial charge < -0.3 is 5.32 Å². The van der Waals surface area contributed by atoms with Gasteiger partial charge in [0.05, 0.1) is 12.7 Å². The van der Waals surface area contributed by atoms with Gasteiger partial charge in [-0.1, -0.05) is 30.3 Å². The first-order chi connectivity index (χ1) is 9.81. The molecule has 1 amide bonds. The number of carbonyl (C=O) groups excluding carboxylic acids is 1. The number of aromatic amines is 1. The van der Waals surface area contributed by atoms with Crippen molar-refractivity contribution in [3.05, 3.63) is 60.0 Å². The lowest BCUT2D eigenvalue weighted by Gasteiger charge is -2.01. The fourth-order valence-electron chi connectivity index (χ4n) is 1.78. The highest BCUT2D eigenvalue weighted by Gasteiger charge is 2.11. The Balaban J connectivity index is 1.69. The van der Waals surface area contributed by atoms with Gasteiger partial charge in [0, 0.05) is 6.20 Å². The van der Waals surface area contributed by atoms with Crippen LogP contribution in [0, 0.1) is 0 Å². The molecule has 0 saturated heterocycles. The van der Waals surface area contributed by atoms with Crippen LogP contribution in [0.2, 0.25) is 0 Å². The first-order valence-electron chi connectivity index (χ1n) is 6.06. The van der Waals surface area contributed by atoms with Crippen LogP contribution in [0.1, 0.15) is 16.1 Å². The molecule has 0 radical (unpaired) electrons. The number of hydrogen-bond acceptors (Lipinski definition) is 4. The molecule has 0 spiro atoms. The molecule has 0 aliphatic heterocycles. The normalized spacial score (nSPS) is 10.4. The predicted octanol–water partition coefficient (Wildman–Crippen LogP) is 1.30. The van der Waals surface area contributed by atoms with Crippen LogP contribution < -0.4 is 5.32 Å². The first-order valence-corrected chi connectivity index (χ1v) is 6.06. The Bertz CT molecular complexity index is 689. The maximum Gasteiger partial charge on any atom is 0.277 e. The van der Waals surface area contributed by atoms with E-state index in [1.165, 1.54) is 6.20 Å². The number of amides is 1. The van der Waals surface area contributed by atoms with E-state index >= 15 is 0 Å². The zero-order valence-electron chi connectivity index (χ0n) is 10.5. The molecule has 2 aromatic heterocycles. The minimum Gasteiger partial charge on any atom is -0.302 e. The monoisotopic (exact) mass is 268 g/mol. The van der Waals surface area contributed by atoms with E-state index in [4.69, 9.17) is 0 Å². The van der Waals surface area contributed by atoms with Gasteiger partial charge >= 0.3 is 0 Å². The molecule has 2 N–H and O–H groups in total. The lowest BCUT2D eigenvalue weighted by atomic mass is 10.2. The fourth-order valence-corrected chi connectivity index (χ4v) is 1.78. The van der Waals surface area contributed by atoms with Crippen LogP contribution >= 0.6 is 0 Å². The summed E-state index contributed by atoms with van der Waals surface area (Å²) in [5, 5.41) is 16.6. The van der Waals surface area contributed by atoms with E-state index in [0.29, 0.717) is 18.1 Å². The Labute approximate surface area is 114 Å². The molecule has 7 nitrogen and oxygen atoms in total. The van der Waals surface area contributed by atoms with Crippen LogP contribution in [-0.4, -0.2) is 31.1 Å². The highest BCUT2D eigenvalue weighted by atomic mass is 16.2. The number of nitrogens with zero attached hydrogens (tertiary/aromatic N) is 4. The van der Waals surface area contributed by atoms with Crippen molar-refractivity contribution in [3.8, 4) is 0 Å². The van der Waals surface area contributed by atoms with Crippen LogP contribution in [0.5, 0.6) is 0 Å². The number of aromatic nitrogens is 5. The minimum atomic E-state index is -0.314. The van der Waals surface area contributed by atoms with E-state index in [1.54, 1.807) is 16.9 Å². The number of rotatable bonds is 4. The SMILES string of the molecule is O=C(Nc1cn[nH]n1)c1ccn(Cc2ccccc2)n1. The summed E-state index contributed by atoms with van der Waals surface area (Å²) >= 11 is 0. The van der Waals surface area contributed by atoms with E-state index in [-0.39, 0.29) is 5.91 Å². The highest BCUT2D eigenvalue weighted by molar-refractivity contribution is 6.02. The van der Waals surface area contributed by atoms with Crippen LogP contribution in [0.4, 0.5) is 5.82 Å². The van der Waals surface area contributed by atoms with Crippen molar-refractivity contribution in [2.45, 2.75) is 6.54 Å². The Hall–Kier alpha value is -2.96. The Morgan fingerprint density at radius 3 is 2.85 bits per heavy atom. The summed E-state index contributed by atoms with van der Waals surface area (Å²) in [4.78, 5) is 11.9. The fraction of sp³-hybridized carbons (Fsp3) is 0.0769. The largest absolute Gasteiger partial charge is 0.302 e. The molecule has 20 heavy (non-hydrogen) atoms. The van der Waals surface area contributed by atoms with E-state index in [1.807, 2.05) is 30.3 Å². The molecule has 1 aromatic carbocycles. The molecule has 0 atom stereocenters. The molecule has 2 heterocycles. The summed E-state index contributed by atoms with van der Waals surface area (Å²) in [6.45, 7) is 0.623. The number of nitrogens with one attached hydrogen (secondary N) is 2. The lowest BCUT2D eigenvalue weighted by molar-refractivity contribution is 0.102. The Morgan fingerprint density at radius 2 is 2.10 bits per heavy atom. The van der Waals surface area contributed by atoms with Crippen LogP contribution in [0.25, 0.3) is 0 Å². The quantitative estimate of drug-likeness (QED) is 0.746. The van der Waals surface area contributed by atoms with Crippen molar-refractivity contribution >= 4 is 11.7 Å². The van der Waals surface area contributed by atoms with Gasteiger partial charge in [0.1, 0.15) is 0 Å². The molecule has 100 valence electrons. The number of carbonyl (C=O) groups is 1. The van der Waals surface area contributed by atoms with Crippen LogP contribution in [-0.2, 0) is 6.54 Å². The van der Waals surface area contributed by atoms with E-state index in [9.17, 15) is 4.79 Å². The van der Waals surface area contributed by atoms with E-state index in [0.717, 1.165) is 5.56 Å². The number of H-pyrrole nitrogens is 1. The standard InChI is InChI=1S/C13H12N6O/c20-13(15-12-8-14-18-16-12)11-6-7-19(17-11)9-10-4-2-1-3-5-10/h1-8H,9H2,(H2,14,15,16,18,20). The second-order valence-corrected chi connectivity index (χ2v) is 4.19. The van der Waals surface area contributed by atoms with Gasteiger partial charge in [0.15, 0.2) is 11.5 Å². The molecule has 0 aliphatic rings. The third-order valence-electron chi connectivity index (χ3n) is 2.72. The minimum absolute atomic E-state index is 0.314. The molecule has 3 aromatic rings. The third kappa shape index (κ3) is 2.72. The second-order valence-electron chi connectivity index (χ2n) is 4.19. The number of anilines is 1. The molecule has 7 heteroatoms. The molecular formula is C13H12N6O. The molecule has 0 saturated carbocycles. The van der Waals surface area contributed by atoms with Crippen LogP contribution in [0.15, 0.2) is 48.8 Å². The summed E-state index contributed by atoms with van der Waals surface area (Å²) in [5.41, 5.74) is 1.46. The van der Waals surface area contributed by atoms with Crippen molar-refractivity contribution in [1.29, 1.82) is 0 Å². The van der Waals surface area contributed by atoms with Gasteiger partial charge in [0.2, 0.25) is 0 Å². The summed E-state index contributed by atoms with van der Waals surface area (Å²) in [5.74, 6) is 0.0540. The van der Waals surface area contributed by atoms with Crippen molar-refractivity contribution in [1.82, 2.24) is 25.2 Å². The van der Waals surface area contributed by atoms with Crippen molar-refractivity contribution < 1.29 is 4.79 Å². The summed E-state index contributed by atoms with van der Waals surface area (Å²) in [6.07, 6.45) is 3.20. The van der Waals surface area contributed by atoms with Crippen LogP contribution in [0.3, 0.4) is 0 Å². The third-order valence-corrected chi connectivity index (χ3v) is 2.72. The Morgan fingerprint density at radius 1 is 1.25 bits per heavy atom. The molecular weight excluding hydrogens is 256 g/mol. The van der Waals surface area contributed by atoms with Crippen molar-refractivity contribution in [2.24, 2.45) is 0 Å². The topological polar surface area (TPSA) is 88.5 Å². The summed E-state index contributed by atoms with van der Waals surface area (Å²) in [6, 6.07) is 11.6. The van der Waals surface area contributed by atoms with E-state index in [2.05, 4.69) is 25.8 Å². The lowest BCUT2D eigenvalue weighted by Crippen LogP contribution is -2.13. The first kappa shape index (κ1) is 12.1. The predicted molar refractivity (Wildman–Crippen MR) is 72.1 cm³/mol. The second kappa shape index (κ2) is 5.35. The zero-order chi connectivity index (χ0) is 13.8. The number of hydrogen-bond donors (Lipinski definition) is 2. The van der Waals surface area contributed by atoms with Gasteiger partial charge in [-0.05, 0) is 11.6 Å². The van der Waals surface area contributed by atoms with E-state index < -0.39 is 0 Å². The molecule has 0 unspecified atom stereocenters. The van der Waals surface area contributed by atoms with Gasteiger partial charge in [-0.25, -0.2) is 0 Å². The molecule has 0 aliphatic carbocycles. The number of benzene rings is 1. The van der Waals surface area contributed by atoms with Gasteiger partial charge in [-0.2, -0.15) is 15.4 Å². The zero-order valence-corrected chi connectivity index (χ0v) is 10.5.